The molecule has 2 heterocycles. The molecule has 1 N–H and O–H groups in total. The quantitative estimate of drug-likeness (QED) is 0.829. The van der Waals surface area contributed by atoms with Crippen molar-refractivity contribution in [2.45, 2.75) is 37.2 Å². The van der Waals surface area contributed by atoms with Gasteiger partial charge in [0.15, 0.2) is 11.5 Å². The predicted molar refractivity (Wildman–Crippen MR) is 103 cm³/mol. The minimum Gasteiger partial charge on any atom is -0.454 e. The van der Waals surface area contributed by atoms with E-state index in [0.717, 1.165) is 11.1 Å². The van der Waals surface area contributed by atoms with Gasteiger partial charge in [0.25, 0.3) is 0 Å². The molecule has 0 aliphatic carbocycles. The summed E-state index contributed by atoms with van der Waals surface area (Å²) < 4.78 is 37.9. The fourth-order valence-corrected chi connectivity index (χ4v) is 5.15. The summed E-state index contributed by atoms with van der Waals surface area (Å²) >= 11 is 0. The van der Waals surface area contributed by atoms with E-state index in [0.29, 0.717) is 37.4 Å². The molecule has 1 fully saturated rings. The number of sulfonamides is 1. The van der Waals surface area contributed by atoms with Crippen molar-refractivity contribution >= 4 is 15.9 Å². The van der Waals surface area contributed by atoms with Gasteiger partial charge in [-0.2, -0.15) is 4.31 Å². The zero-order valence-electron chi connectivity index (χ0n) is 15.6. The Kier molecular flexibility index (Phi) is 4.99. The van der Waals surface area contributed by atoms with Crippen LogP contribution in [-0.4, -0.2) is 38.0 Å². The third-order valence-corrected chi connectivity index (χ3v) is 6.96. The molecule has 7 nitrogen and oxygen atoms in total. The van der Waals surface area contributed by atoms with E-state index in [2.05, 4.69) is 5.32 Å². The van der Waals surface area contributed by atoms with Gasteiger partial charge in [-0.3, -0.25) is 4.79 Å². The molecular weight excluding hydrogens is 380 g/mol. The van der Waals surface area contributed by atoms with E-state index >= 15 is 0 Å². The van der Waals surface area contributed by atoms with Crippen LogP contribution in [0.15, 0.2) is 47.4 Å². The molecule has 0 saturated carbocycles. The standard InChI is InChI=1S/C20H22N2O5S/c1-14-4-7-16(8-5-14)28(24,25)22-10-2-3-17(22)20(23)21-12-15-6-9-18-19(11-15)27-13-26-18/h4-9,11,17H,2-3,10,12-13H2,1H3,(H,21,23)/t17-/m0/s1. The van der Waals surface area contributed by atoms with E-state index in [1.54, 1.807) is 30.3 Å². The summed E-state index contributed by atoms with van der Waals surface area (Å²) in [5.41, 5.74) is 1.85. The first-order valence-electron chi connectivity index (χ1n) is 9.20. The van der Waals surface area contributed by atoms with Crippen molar-refractivity contribution in [2.24, 2.45) is 0 Å². The third kappa shape index (κ3) is 3.57. The van der Waals surface area contributed by atoms with Crippen LogP contribution in [0.3, 0.4) is 0 Å². The fourth-order valence-electron chi connectivity index (χ4n) is 3.49. The Labute approximate surface area is 164 Å². The van der Waals surface area contributed by atoms with Crippen LogP contribution in [0.1, 0.15) is 24.0 Å². The number of rotatable bonds is 5. The molecule has 2 aliphatic heterocycles. The Morgan fingerprint density at radius 3 is 2.68 bits per heavy atom. The molecule has 0 radical (unpaired) electrons. The number of hydrogen-bond donors (Lipinski definition) is 1. The zero-order valence-corrected chi connectivity index (χ0v) is 16.4. The van der Waals surface area contributed by atoms with Gasteiger partial charge in [0.1, 0.15) is 6.04 Å². The summed E-state index contributed by atoms with van der Waals surface area (Å²) in [5.74, 6) is 1.04. The summed E-state index contributed by atoms with van der Waals surface area (Å²) in [5, 5.41) is 2.85. The van der Waals surface area contributed by atoms with Gasteiger partial charge in [-0.05, 0) is 49.6 Å². The van der Waals surface area contributed by atoms with E-state index < -0.39 is 16.1 Å². The normalized spacial score (nSPS) is 19.0. The minimum atomic E-state index is -3.70. The van der Waals surface area contributed by atoms with Gasteiger partial charge >= 0.3 is 0 Å². The monoisotopic (exact) mass is 402 g/mol. The number of hydrogen-bond acceptors (Lipinski definition) is 5. The summed E-state index contributed by atoms with van der Waals surface area (Å²) in [6.07, 6.45) is 1.17. The first-order valence-corrected chi connectivity index (χ1v) is 10.6. The van der Waals surface area contributed by atoms with Crippen molar-refractivity contribution in [1.29, 1.82) is 0 Å². The third-order valence-electron chi connectivity index (χ3n) is 5.04. The fraction of sp³-hybridized carbons (Fsp3) is 0.350. The molecule has 1 atom stereocenters. The highest BCUT2D eigenvalue weighted by Gasteiger charge is 2.39. The lowest BCUT2D eigenvalue weighted by Gasteiger charge is -2.23. The molecule has 0 unspecified atom stereocenters. The number of fused-ring (bicyclic) bond motifs is 1. The van der Waals surface area contributed by atoms with Gasteiger partial charge in [-0.15, -0.1) is 0 Å². The van der Waals surface area contributed by atoms with Gasteiger partial charge in [-0.1, -0.05) is 23.8 Å². The molecule has 2 aliphatic rings. The van der Waals surface area contributed by atoms with Crippen LogP contribution in [0.2, 0.25) is 0 Å². The van der Waals surface area contributed by atoms with E-state index in [1.165, 1.54) is 4.31 Å². The van der Waals surface area contributed by atoms with Gasteiger partial charge in [-0.25, -0.2) is 8.42 Å². The van der Waals surface area contributed by atoms with Crippen LogP contribution in [0, 0.1) is 6.92 Å². The molecule has 0 spiro atoms. The Hall–Kier alpha value is -2.58. The minimum absolute atomic E-state index is 0.194. The number of nitrogens with zero attached hydrogens (tertiary/aromatic N) is 1. The van der Waals surface area contributed by atoms with Crippen molar-refractivity contribution in [3.8, 4) is 11.5 Å². The number of ether oxygens (including phenoxy) is 2. The molecule has 1 amide bonds. The number of aryl methyl sites for hydroxylation is 1. The lowest BCUT2D eigenvalue weighted by atomic mass is 10.2. The van der Waals surface area contributed by atoms with Gasteiger partial charge in [0.05, 0.1) is 4.90 Å². The summed E-state index contributed by atoms with van der Waals surface area (Å²) in [7, 11) is -3.70. The van der Waals surface area contributed by atoms with E-state index in [-0.39, 0.29) is 17.6 Å². The van der Waals surface area contributed by atoms with Crippen LogP contribution in [0.5, 0.6) is 11.5 Å². The molecule has 0 aromatic heterocycles. The maximum Gasteiger partial charge on any atom is 0.243 e. The number of carbonyl (C=O) groups excluding carboxylic acids is 1. The van der Waals surface area contributed by atoms with Crippen LogP contribution in [-0.2, 0) is 21.4 Å². The second-order valence-corrected chi connectivity index (χ2v) is 8.88. The first-order chi connectivity index (χ1) is 13.4. The highest BCUT2D eigenvalue weighted by Crippen LogP contribution is 2.32. The van der Waals surface area contributed by atoms with Gasteiger partial charge in [0, 0.05) is 13.1 Å². The molecule has 148 valence electrons. The molecule has 0 bridgehead atoms. The van der Waals surface area contributed by atoms with Crippen LogP contribution < -0.4 is 14.8 Å². The molecule has 2 aromatic rings. The molecular formula is C20H22N2O5S. The summed E-state index contributed by atoms with van der Waals surface area (Å²) in [6, 6.07) is 11.5. The Balaban J connectivity index is 1.45. The van der Waals surface area contributed by atoms with Gasteiger partial charge < -0.3 is 14.8 Å². The smallest absolute Gasteiger partial charge is 0.243 e. The van der Waals surface area contributed by atoms with E-state index in [9.17, 15) is 13.2 Å². The molecule has 8 heteroatoms. The van der Waals surface area contributed by atoms with E-state index in [4.69, 9.17) is 9.47 Å². The molecule has 28 heavy (non-hydrogen) atoms. The summed E-state index contributed by atoms with van der Waals surface area (Å²) in [4.78, 5) is 12.9. The van der Waals surface area contributed by atoms with E-state index in [1.807, 2.05) is 19.1 Å². The zero-order chi connectivity index (χ0) is 19.7. The number of benzene rings is 2. The predicted octanol–water partition coefficient (Wildman–Crippen LogP) is 2.19. The number of amides is 1. The first kappa shape index (κ1) is 18.8. The van der Waals surface area contributed by atoms with Crippen molar-refractivity contribution < 1.29 is 22.7 Å². The van der Waals surface area contributed by atoms with Crippen LogP contribution in [0.25, 0.3) is 0 Å². The molecule has 2 aromatic carbocycles. The average Bonchev–Trinajstić information content (AvgIpc) is 3.35. The van der Waals surface area contributed by atoms with Crippen LogP contribution in [0.4, 0.5) is 0 Å². The van der Waals surface area contributed by atoms with Crippen LogP contribution >= 0.6 is 0 Å². The molecule has 1 saturated heterocycles. The van der Waals surface area contributed by atoms with Crippen molar-refractivity contribution in [3.63, 3.8) is 0 Å². The van der Waals surface area contributed by atoms with Crippen molar-refractivity contribution in [2.75, 3.05) is 13.3 Å². The average molecular weight is 402 g/mol. The second kappa shape index (κ2) is 7.44. The largest absolute Gasteiger partial charge is 0.454 e. The lowest BCUT2D eigenvalue weighted by molar-refractivity contribution is -0.124. The number of nitrogens with one attached hydrogen (secondary N) is 1. The highest BCUT2D eigenvalue weighted by atomic mass is 32.2. The lowest BCUT2D eigenvalue weighted by Crippen LogP contribution is -2.45. The Morgan fingerprint density at radius 2 is 1.89 bits per heavy atom. The van der Waals surface area contributed by atoms with Gasteiger partial charge in [0.2, 0.25) is 22.7 Å². The maximum atomic E-state index is 13.0. The molecule has 4 rings (SSSR count). The SMILES string of the molecule is Cc1ccc(S(=O)(=O)N2CCC[C@H]2C(=O)NCc2ccc3c(c2)OCO3)cc1. The Bertz CT molecular complexity index is 988. The van der Waals surface area contributed by atoms with Crippen molar-refractivity contribution in [1.82, 2.24) is 9.62 Å². The maximum absolute atomic E-state index is 13.0. The van der Waals surface area contributed by atoms with Crippen molar-refractivity contribution in [3.05, 3.63) is 53.6 Å². The summed E-state index contributed by atoms with van der Waals surface area (Å²) in [6.45, 7) is 2.74. The topological polar surface area (TPSA) is 84.9 Å². The highest BCUT2D eigenvalue weighted by molar-refractivity contribution is 7.89. The second-order valence-electron chi connectivity index (χ2n) is 6.99. The Morgan fingerprint density at radius 1 is 1.14 bits per heavy atom. The number of carbonyl (C=O) groups is 1.